The number of benzene rings is 2. The van der Waals surface area contributed by atoms with Gasteiger partial charge in [0.2, 0.25) is 5.91 Å². The summed E-state index contributed by atoms with van der Waals surface area (Å²) in [4.78, 5) is 10.8. The molecule has 4 nitrogen and oxygen atoms in total. The summed E-state index contributed by atoms with van der Waals surface area (Å²) >= 11 is 0. The third-order valence-corrected chi connectivity index (χ3v) is 3.75. The minimum atomic E-state index is -0.950. The van der Waals surface area contributed by atoms with E-state index in [9.17, 15) is 15.0 Å². The molecule has 0 aromatic heterocycles. The lowest BCUT2D eigenvalue weighted by Crippen LogP contribution is -2.27. The molecule has 0 bridgehead atoms. The van der Waals surface area contributed by atoms with Crippen LogP contribution in [0.4, 0.5) is 0 Å². The van der Waals surface area contributed by atoms with Crippen LogP contribution in [0.5, 0.6) is 0 Å². The molecule has 2 unspecified atom stereocenters. The van der Waals surface area contributed by atoms with Gasteiger partial charge in [0.15, 0.2) is 0 Å². The van der Waals surface area contributed by atoms with Crippen LogP contribution in [0.1, 0.15) is 36.1 Å². The van der Waals surface area contributed by atoms with E-state index in [2.05, 4.69) is 17.4 Å². The van der Waals surface area contributed by atoms with Crippen molar-refractivity contribution in [3.05, 3.63) is 71.3 Å². The molecule has 122 valence electrons. The Kier molecular flexibility index (Phi) is 6.32. The van der Waals surface area contributed by atoms with Crippen molar-refractivity contribution in [2.75, 3.05) is 6.54 Å². The molecule has 0 radical (unpaired) electrons. The van der Waals surface area contributed by atoms with Crippen molar-refractivity contribution in [2.24, 2.45) is 0 Å². The lowest BCUT2D eigenvalue weighted by molar-refractivity contribution is -0.119. The van der Waals surface area contributed by atoms with Crippen molar-refractivity contribution < 1.29 is 15.0 Å². The van der Waals surface area contributed by atoms with Crippen molar-refractivity contribution in [1.82, 2.24) is 5.32 Å². The zero-order valence-corrected chi connectivity index (χ0v) is 13.3. The number of carbonyl (C=O) groups excluding carboxylic acids is 1. The summed E-state index contributed by atoms with van der Waals surface area (Å²) in [5.41, 5.74) is 3.06. The predicted octanol–water partition coefficient (Wildman–Crippen LogP) is 2.20. The van der Waals surface area contributed by atoms with E-state index < -0.39 is 12.2 Å². The zero-order valence-electron chi connectivity index (χ0n) is 13.3. The van der Waals surface area contributed by atoms with Gasteiger partial charge in [0.25, 0.3) is 0 Å². The second kappa shape index (κ2) is 8.46. The normalized spacial score (nSPS) is 13.3. The van der Waals surface area contributed by atoms with E-state index in [1.165, 1.54) is 12.5 Å². The highest BCUT2D eigenvalue weighted by Gasteiger charge is 2.18. The number of carbonyl (C=O) groups is 1. The third-order valence-electron chi connectivity index (χ3n) is 3.75. The Morgan fingerprint density at radius 2 is 1.61 bits per heavy atom. The number of hydrogen-bond donors (Lipinski definition) is 3. The van der Waals surface area contributed by atoms with Crippen LogP contribution in [-0.4, -0.2) is 28.8 Å². The molecule has 0 aliphatic rings. The molecule has 4 heteroatoms. The van der Waals surface area contributed by atoms with E-state index >= 15 is 0 Å². The Labute approximate surface area is 136 Å². The van der Waals surface area contributed by atoms with E-state index in [0.29, 0.717) is 18.5 Å². The Bertz CT molecular complexity index is 610. The van der Waals surface area contributed by atoms with Gasteiger partial charge < -0.3 is 15.5 Å². The first-order chi connectivity index (χ1) is 11.1. The topological polar surface area (TPSA) is 69.6 Å². The fourth-order valence-electron chi connectivity index (χ4n) is 2.44. The maximum absolute atomic E-state index is 10.8. The summed E-state index contributed by atoms with van der Waals surface area (Å²) in [6.07, 6.45) is -0.703. The van der Waals surface area contributed by atoms with Gasteiger partial charge in [-0.25, -0.2) is 0 Å². The molecule has 2 aromatic rings. The molecule has 3 N–H and O–H groups in total. The van der Waals surface area contributed by atoms with Crippen LogP contribution < -0.4 is 5.32 Å². The molecule has 2 atom stereocenters. The number of aliphatic hydroxyl groups excluding tert-OH is 2. The van der Waals surface area contributed by atoms with E-state index in [4.69, 9.17) is 0 Å². The van der Waals surface area contributed by atoms with Crippen molar-refractivity contribution in [3.63, 3.8) is 0 Å². The van der Waals surface area contributed by atoms with Gasteiger partial charge in [-0.15, -0.1) is 0 Å². The molecule has 0 aliphatic carbocycles. The summed E-state index contributed by atoms with van der Waals surface area (Å²) in [5, 5.41) is 22.8. The lowest BCUT2D eigenvalue weighted by Gasteiger charge is -2.18. The second-order valence-corrected chi connectivity index (χ2v) is 5.69. The van der Waals surface area contributed by atoms with Crippen molar-refractivity contribution in [3.8, 4) is 0 Å². The van der Waals surface area contributed by atoms with E-state index in [0.717, 1.165) is 12.0 Å². The first-order valence-corrected chi connectivity index (χ1v) is 7.79. The zero-order chi connectivity index (χ0) is 16.7. The minimum Gasteiger partial charge on any atom is -0.390 e. The third kappa shape index (κ3) is 5.51. The Morgan fingerprint density at radius 3 is 2.22 bits per heavy atom. The molecule has 2 aromatic carbocycles. The standard InChI is InChI=1S/C19H23NO3/c1-14(21)20-12-11-18(22)19(23)17-9-7-16(8-10-17)13-15-5-3-2-4-6-15/h2-10,18-19,22-23H,11-13H2,1H3,(H,20,21). The molecule has 1 amide bonds. The van der Waals surface area contributed by atoms with Crippen LogP contribution >= 0.6 is 0 Å². The molecule has 0 fully saturated rings. The maximum Gasteiger partial charge on any atom is 0.216 e. The number of rotatable bonds is 7. The first kappa shape index (κ1) is 17.2. The summed E-state index contributed by atoms with van der Waals surface area (Å²) < 4.78 is 0. The fourth-order valence-corrected chi connectivity index (χ4v) is 2.44. The van der Waals surface area contributed by atoms with Crippen LogP contribution in [0.25, 0.3) is 0 Å². The molecular weight excluding hydrogens is 290 g/mol. The maximum atomic E-state index is 10.8. The van der Waals surface area contributed by atoms with Crippen molar-refractivity contribution in [1.29, 1.82) is 0 Å². The van der Waals surface area contributed by atoms with Crippen LogP contribution in [0, 0.1) is 0 Å². The summed E-state index contributed by atoms with van der Waals surface area (Å²) in [5.74, 6) is -0.142. The van der Waals surface area contributed by atoms with E-state index in [1.54, 1.807) is 0 Å². The van der Waals surface area contributed by atoms with Crippen LogP contribution in [-0.2, 0) is 11.2 Å². The SMILES string of the molecule is CC(=O)NCCC(O)C(O)c1ccc(Cc2ccccc2)cc1. The number of aliphatic hydroxyl groups is 2. The molecule has 0 spiro atoms. The second-order valence-electron chi connectivity index (χ2n) is 5.69. The van der Waals surface area contributed by atoms with Gasteiger partial charge in [-0.05, 0) is 29.5 Å². The van der Waals surface area contributed by atoms with E-state index in [1.807, 2.05) is 42.5 Å². The first-order valence-electron chi connectivity index (χ1n) is 7.79. The highest BCUT2D eigenvalue weighted by molar-refractivity contribution is 5.72. The highest BCUT2D eigenvalue weighted by Crippen LogP contribution is 2.20. The van der Waals surface area contributed by atoms with Crippen molar-refractivity contribution in [2.45, 2.75) is 32.0 Å². The largest absolute Gasteiger partial charge is 0.390 e. The monoisotopic (exact) mass is 313 g/mol. The van der Waals surface area contributed by atoms with Gasteiger partial charge in [0.1, 0.15) is 6.10 Å². The summed E-state index contributed by atoms with van der Waals surface area (Å²) in [6.45, 7) is 1.77. The van der Waals surface area contributed by atoms with Gasteiger partial charge in [0, 0.05) is 13.5 Å². The van der Waals surface area contributed by atoms with Gasteiger partial charge in [-0.1, -0.05) is 54.6 Å². The van der Waals surface area contributed by atoms with Gasteiger partial charge >= 0.3 is 0 Å². The van der Waals surface area contributed by atoms with E-state index in [-0.39, 0.29) is 5.91 Å². The summed E-state index contributed by atoms with van der Waals surface area (Å²) in [7, 11) is 0. The van der Waals surface area contributed by atoms with Crippen molar-refractivity contribution >= 4 is 5.91 Å². The molecule has 0 saturated carbocycles. The molecule has 0 saturated heterocycles. The van der Waals surface area contributed by atoms with Crippen LogP contribution in [0.2, 0.25) is 0 Å². The number of amides is 1. The molecule has 2 rings (SSSR count). The Morgan fingerprint density at radius 1 is 1.00 bits per heavy atom. The molecular formula is C19H23NO3. The average molecular weight is 313 g/mol. The fraction of sp³-hybridized carbons (Fsp3) is 0.316. The van der Waals surface area contributed by atoms with Gasteiger partial charge in [-0.3, -0.25) is 4.79 Å². The Hall–Kier alpha value is -2.17. The minimum absolute atomic E-state index is 0.142. The average Bonchev–Trinajstić information content (AvgIpc) is 2.55. The molecule has 0 aliphatic heterocycles. The smallest absolute Gasteiger partial charge is 0.216 e. The lowest BCUT2D eigenvalue weighted by atomic mass is 9.98. The predicted molar refractivity (Wildman–Crippen MR) is 90.0 cm³/mol. The van der Waals surface area contributed by atoms with Gasteiger partial charge in [0.05, 0.1) is 6.10 Å². The molecule has 23 heavy (non-hydrogen) atoms. The van der Waals surface area contributed by atoms with Crippen LogP contribution in [0.3, 0.4) is 0 Å². The quantitative estimate of drug-likeness (QED) is 0.734. The molecule has 0 heterocycles. The van der Waals surface area contributed by atoms with Crippen LogP contribution in [0.15, 0.2) is 54.6 Å². The van der Waals surface area contributed by atoms with Gasteiger partial charge in [-0.2, -0.15) is 0 Å². The number of nitrogens with one attached hydrogen (secondary N) is 1. The highest BCUT2D eigenvalue weighted by atomic mass is 16.3. The summed E-state index contributed by atoms with van der Waals surface area (Å²) in [6, 6.07) is 17.8. The Balaban J connectivity index is 1.91. The number of hydrogen-bond acceptors (Lipinski definition) is 3.